The molecule has 2 heteroatoms. The molecule has 0 saturated heterocycles. The quantitative estimate of drug-likeness (QED) is 0.617. The molecule has 2 aromatic carbocycles. The molecule has 0 aliphatic heterocycles. The molecular weight excluding hydrogens is 328 g/mol. The molecule has 78 valence electrons. The normalized spacial score (nSPS) is 9.38. The predicted octanol–water partition coefficient (Wildman–Crippen LogP) is 4.61. The van der Waals surface area contributed by atoms with Crippen molar-refractivity contribution in [3.63, 3.8) is 0 Å². The van der Waals surface area contributed by atoms with Crippen molar-refractivity contribution in [3.05, 3.63) is 68.6 Å². The lowest BCUT2D eigenvalue weighted by atomic mass is 10.2. The van der Waals surface area contributed by atoms with Crippen LogP contribution in [0.5, 0.6) is 0 Å². The molecule has 0 heterocycles. The number of benzene rings is 2. The average molecular weight is 336 g/mol. The first-order chi connectivity index (χ1) is 7.74. The van der Waals surface area contributed by atoms with Gasteiger partial charge in [-0.3, -0.25) is 0 Å². The molecule has 0 radical (unpaired) electrons. The van der Waals surface area contributed by atoms with E-state index in [-0.39, 0.29) is 0 Å². The van der Waals surface area contributed by atoms with Crippen LogP contribution in [0.15, 0.2) is 57.5 Å². The van der Waals surface area contributed by atoms with E-state index in [0.29, 0.717) is 0 Å². The lowest BCUT2D eigenvalue weighted by Gasteiger charge is -1.92. The van der Waals surface area contributed by atoms with E-state index in [1.54, 1.807) is 0 Å². The molecule has 0 atom stereocenters. The van der Waals surface area contributed by atoms with E-state index in [1.165, 1.54) is 0 Å². The van der Waals surface area contributed by atoms with Gasteiger partial charge >= 0.3 is 0 Å². The first kappa shape index (κ1) is 11.4. The number of rotatable bonds is 0. The molecule has 2 rings (SSSR count). The van der Waals surface area contributed by atoms with Crippen LogP contribution in [-0.2, 0) is 0 Å². The van der Waals surface area contributed by atoms with Gasteiger partial charge in [-0.25, -0.2) is 0 Å². The van der Waals surface area contributed by atoms with Crippen molar-refractivity contribution in [2.24, 2.45) is 0 Å². The van der Waals surface area contributed by atoms with E-state index in [0.717, 1.165) is 20.1 Å². The molecule has 2 aromatic rings. The minimum absolute atomic E-state index is 1.02. The van der Waals surface area contributed by atoms with Gasteiger partial charge in [0.05, 0.1) is 0 Å². The monoisotopic (exact) mass is 334 g/mol. The second-order valence-corrected chi connectivity index (χ2v) is 5.10. The third-order valence-electron chi connectivity index (χ3n) is 2.04. The predicted molar refractivity (Wildman–Crippen MR) is 74.3 cm³/mol. The van der Waals surface area contributed by atoms with E-state index in [2.05, 4.69) is 43.7 Å². The summed E-state index contributed by atoms with van der Waals surface area (Å²) in [7, 11) is 0. The Morgan fingerprint density at radius 2 is 0.875 bits per heavy atom. The minimum Gasteiger partial charge on any atom is -0.0617 e. The van der Waals surface area contributed by atoms with E-state index in [1.807, 2.05) is 48.5 Å². The van der Waals surface area contributed by atoms with E-state index < -0.39 is 0 Å². The fourth-order valence-electron chi connectivity index (χ4n) is 1.21. The maximum absolute atomic E-state index is 3.40. The molecule has 0 aromatic heterocycles. The van der Waals surface area contributed by atoms with Crippen LogP contribution >= 0.6 is 31.9 Å². The highest BCUT2D eigenvalue weighted by atomic mass is 79.9. The minimum atomic E-state index is 1.02. The molecule has 0 saturated carbocycles. The van der Waals surface area contributed by atoms with Gasteiger partial charge in [-0.05, 0) is 48.5 Å². The second-order valence-electron chi connectivity index (χ2n) is 3.26. The van der Waals surface area contributed by atoms with E-state index in [4.69, 9.17) is 0 Å². The Morgan fingerprint density at radius 3 is 1.19 bits per heavy atom. The molecule has 0 aliphatic rings. The Bertz CT molecular complexity index is 478. The number of hydrogen-bond donors (Lipinski definition) is 0. The van der Waals surface area contributed by atoms with Gasteiger partial charge in [0.25, 0.3) is 0 Å². The number of hydrogen-bond acceptors (Lipinski definition) is 0. The Labute approximate surface area is 112 Å². The van der Waals surface area contributed by atoms with Crippen LogP contribution in [0, 0.1) is 11.8 Å². The SMILES string of the molecule is Brc1ccc(C#Cc2ccc(Br)cc2)cc1. The zero-order valence-corrected chi connectivity index (χ0v) is 11.5. The van der Waals surface area contributed by atoms with Crippen molar-refractivity contribution >= 4 is 31.9 Å². The summed E-state index contributed by atoms with van der Waals surface area (Å²) in [6, 6.07) is 16.0. The van der Waals surface area contributed by atoms with Gasteiger partial charge < -0.3 is 0 Å². The van der Waals surface area contributed by atoms with Gasteiger partial charge in [0, 0.05) is 20.1 Å². The zero-order valence-electron chi connectivity index (χ0n) is 8.37. The summed E-state index contributed by atoms with van der Waals surface area (Å²) < 4.78 is 2.14. The first-order valence-corrected chi connectivity index (χ1v) is 6.36. The van der Waals surface area contributed by atoms with E-state index >= 15 is 0 Å². The molecule has 0 N–H and O–H groups in total. The molecule has 0 aliphatic carbocycles. The van der Waals surface area contributed by atoms with Gasteiger partial charge in [-0.15, -0.1) is 0 Å². The lowest BCUT2D eigenvalue weighted by molar-refractivity contribution is 1.58. The Kier molecular flexibility index (Phi) is 3.82. The molecule has 0 nitrogen and oxygen atoms in total. The van der Waals surface area contributed by atoms with Crippen molar-refractivity contribution in [2.75, 3.05) is 0 Å². The van der Waals surface area contributed by atoms with Crippen molar-refractivity contribution in [1.82, 2.24) is 0 Å². The van der Waals surface area contributed by atoms with Crippen LogP contribution in [0.3, 0.4) is 0 Å². The molecule has 0 fully saturated rings. The van der Waals surface area contributed by atoms with Crippen molar-refractivity contribution in [1.29, 1.82) is 0 Å². The topological polar surface area (TPSA) is 0 Å². The standard InChI is InChI=1S/C14H8Br2/c15-13-7-3-11(4-8-13)1-2-12-5-9-14(16)10-6-12/h3-10H. The average Bonchev–Trinajstić information content (AvgIpc) is 2.30. The van der Waals surface area contributed by atoms with Gasteiger partial charge in [0.2, 0.25) is 0 Å². The highest BCUT2D eigenvalue weighted by Crippen LogP contribution is 2.11. The Hall–Kier alpha value is -1.04. The maximum atomic E-state index is 3.40. The van der Waals surface area contributed by atoms with Gasteiger partial charge in [0.1, 0.15) is 0 Å². The van der Waals surface area contributed by atoms with Crippen molar-refractivity contribution < 1.29 is 0 Å². The maximum Gasteiger partial charge on any atom is 0.0249 e. The van der Waals surface area contributed by atoms with Crippen LogP contribution in [-0.4, -0.2) is 0 Å². The molecule has 16 heavy (non-hydrogen) atoms. The summed E-state index contributed by atoms with van der Waals surface area (Å²) >= 11 is 6.79. The smallest absolute Gasteiger partial charge is 0.0249 e. The third kappa shape index (κ3) is 3.23. The highest BCUT2D eigenvalue weighted by Gasteiger charge is 1.89. The van der Waals surface area contributed by atoms with Gasteiger partial charge in [-0.1, -0.05) is 43.7 Å². The van der Waals surface area contributed by atoms with E-state index in [9.17, 15) is 0 Å². The van der Waals surface area contributed by atoms with Crippen molar-refractivity contribution in [3.8, 4) is 11.8 Å². The lowest BCUT2D eigenvalue weighted by Crippen LogP contribution is -1.75. The second kappa shape index (κ2) is 5.34. The summed E-state index contributed by atoms with van der Waals surface area (Å²) in [6.07, 6.45) is 0. The van der Waals surface area contributed by atoms with Crippen LogP contribution in [0.2, 0.25) is 0 Å². The van der Waals surface area contributed by atoms with Gasteiger partial charge in [-0.2, -0.15) is 0 Å². The van der Waals surface area contributed by atoms with Crippen LogP contribution in [0.1, 0.15) is 11.1 Å². The molecular formula is C14H8Br2. The van der Waals surface area contributed by atoms with Crippen molar-refractivity contribution in [2.45, 2.75) is 0 Å². The number of halogens is 2. The van der Waals surface area contributed by atoms with Crippen LogP contribution < -0.4 is 0 Å². The molecule has 0 spiro atoms. The third-order valence-corrected chi connectivity index (χ3v) is 3.10. The summed E-state index contributed by atoms with van der Waals surface area (Å²) in [6.45, 7) is 0. The van der Waals surface area contributed by atoms with Gasteiger partial charge in [0.15, 0.2) is 0 Å². The first-order valence-electron chi connectivity index (χ1n) is 4.77. The van der Waals surface area contributed by atoms with Crippen LogP contribution in [0.4, 0.5) is 0 Å². The summed E-state index contributed by atoms with van der Waals surface area (Å²) in [5.41, 5.74) is 2.04. The largest absolute Gasteiger partial charge is 0.0617 e. The molecule has 0 bridgehead atoms. The fraction of sp³-hybridized carbons (Fsp3) is 0. The molecule has 0 unspecified atom stereocenters. The Balaban J connectivity index is 2.21. The summed E-state index contributed by atoms with van der Waals surface area (Å²) in [4.78, 5) is 0. The summed E-state index contributed by atoms with van der Waals surface area (Å²) in [5.74, 6) is 6.24. The van der Waals surface area contributed by atoms with Crippen LogP contribution in [0.25, 0.3) is 0 Å². The summed E-state index contributed by atoms with van der Waals surface area (Å²) in [5, 5.41) is 0. The zero-order chi connectivity index (χ0) is 11.4. The Morgan fingerprint density at radius 1 is 0.562 bits per heavy atom. The fourth-order valence-corrected chi connectivity index (χ4v) is 1.74. The molecule has 0 amide bonds. The highest BCUT2D eigenvalue weighted by molar-refractivity contribution is 9.10.